The molecule has 0 aliphatic heterocycles. The molecule has 0 spiro atoms. The van der Waals surface area contributed by atoms with Crippen LogP contribution in [0.1, 0.15) is 10.6 Å². The largest absolute Gasteiger partial charge is 0.493 e. The van der Waals surface area contributed by atoms with Crippen LogP contribution in [0, 0.1) is 5.82 Å². The van der Waals surface area contributed by atoms with Gasteiger partial charge in [-0.15, -0.1) is 11.3 Å². The topological polar surface area (TPSA) is 43.4 Å². The van der Waals surface area contributed by atoms with Gasteiger partial charge in [0.1, 0.15) is 10.8 Å². The van der Waals surface area contributed by atoms with Gasteiger partial charge < -0.3 is 14.8 Å². The molecule has 0 aliphatic rings. The van der Waals surface area contributed by atoms with Gasteiger partial charge in [0.15, 0.2) is 11.5 Å². The number of hydrogen-bond acceptors (Lipinski definition) is 5. The molecule has 4 nitrogen and oxygen atoms in total. The van der Waals surface area contributed by atoms with E-state index in [4.69, 9.17) is 9.47 Å². The van der Waals surface area contributed by atoms with E-state index in [1.54, 1.807) is 31.6 Å². The first kappa shape index (κ1) is 18.4. The Morgan fingerprint density at radius 2 is 1.92 bits per heavy atom. The third-order valence-corrected chi connectivity index (χ3v) is 5.06. The van der Waals surface area contributed by atoms with Gasteiger partial charge in [-0.25, -0.2) is 9.37 Å². The molecule has 2 aromatic carbocycles. The fraction of sp³-hybridized carbons (Fsp3) is 0.250. The Balaban J connectivity index is 1.61. The van der Waals surface area contributed by atoms with Gasteiger partial charge in [0, 0.05) is 18.3 Å². The maximum atomic E-state index is 13.6. The monoisotopic (exact) mass is 372 g/mol. The summed E-state index contributed by atoms with van der Waals surface area (Å²) in [5, 5.41) is 4.29. The zero-order valence-corrected chi connectivity index (χ0v) is 15.6. The predicted octanol–water partition coefficient (Wildman–Crippen LogP) is 4.30. The summed E-state index contributed by atoms with van der Waals surface area (Å²) in [6.07, 6.45) is 2.49. The predicted molar refractivity (Wildman–Crippen MR) is 102 cm³/mol. The van der Waals surface area contributed by atoms with E-state index < -0.39 is 0 Å². The maximum absolute atomic E-state index is 13.6. The van der Waals surface area contributed by atoms with Crippen LogP contribution >= 0.6 is 11.3 Å². The highest BCUT2D eigenvalue weighted by molar-refractivity contribution is 7.15. The number of benzene rings is 2. The third-order valence-electron chi connectivity index (χ3n) is 4.03. The molecule has 3 rings (SSSR count). The zero-order valence-electron chi connectivity index (χ0n) is 14.8. The van der Waals surface area contributed by atoms with Gasteiger partial charge in [-0.05, 0) is 36.7 Å². The maximum Gasteiger partial charge on any atom is 0.169 e. The van der Waals surface area contributed by atoms with Crippen LogP contribution in [0.2, 0.25) is 0 Å². The van der Waals surface area contributed by atoms with Crippen LogP contribution in [0.3, 0.4) is 0 Å². The minimum atomic E-state index is -0.157. The number of thiazole rings is 1. The van der Waals surface area contributed by atoms with Crippen molar-refractivity contribution in [3.63, 3.8) is 0 Å². The molecule has 1 aromatic heterocycles. The highest BCUT2D eigenvalue weighted by atomic mass is 32.1. The third kappa shape index (κ3) is 4.20. The van der Waals surface area contributed by atoms with E-state index in [1.165, 1.54) is 6.07 Å². The molecule has 6 heteroatoms. The molecule has 0 saturated carbocycles. The fourth-order valence-electron chi connectivity index (χ4n) is 2.72. The van der Waals surface area contributed by atoms with Crippen molar-refractivity contribution in [2.24, 2.45) is 0 Å². The summed E-state index contributed by atoms with van der Waals surface area (Å²) in [4.78, 5) is 5.49. The molecule has 0 bridgehead atoms. The molecule has 3 aromatic rings. The highest BCUT2D eigenvalue weighted by Gasteiger charge is 2.14. The molecule has 1 N–H and O–H groups in total. The highest BCUT2D eigenvalue weighted by Crippen LogP contribution is 2.39. The lowest BCUT2D eigenvalue weighted by Crippen LogP contribution is -2.16. The van der Waals surface area contributed by atoms with Crippen LogP contribution in [0.4, 0.5) is 4.39 Å². The van der Waals surface area contributed by atoms with Crippen molar-refractivity contribution in [2.75, 3.05) is 20.8 Å². The Morgan fingerprint density at radius 1 is 1.08 bits per heavy atom. The van der Waals surface area contributed by atoms with Gasteiger partial charge in [-0.3, -0.25) is 0 Å². The SMILES string of the molecule is COc1cccc(-c2cnc(CNCCc3ccccc3F)s2)c1OC. The van der Waals surface area contributed by atoms with Crippen LogP contribution < -0.4 is 14.8 Å². The fourth-order valence-corrected chi connectivity index (χ4v) is 3.63. The lowest BCUT2D eigenvalue weighted by atomic mass is 10.1. The van der Waals surface area contributed by atoms with Crippen molar-refractivity contribution in [1.82, 2.24) is 10.3 Å². The molecule has 0 amide bonds. The van der Waals surface area contributed by atoms with Gasteiger partial charge in [-0.1, -0.05) is 24.3 Å². The molecule has 1 heterocycles. The lowest BCUT2D eigenvalue weighted by Gasteiger charge is -2.10. The van der Waals surface area contributed by atoms with E-state index in [9.17, 15) is 4.39 Å². The zero-order chi connectivity index (χ0) is 18.4. The summed E-state index contributed by atoms with van der Waals surface area (Å²) in [5.41, 5.74) is 1.68. The number of aromatic nitrogens is 1. The average Bonchev–Trinajstić information content (AvgIpc) is 3.14. The van der Waals surface area contributed by atoms with Gasteiger partial charge in [0.05, 0.1) is 19.1 Å². The Bertz CT molecular complexity index is 867. The smallest absolute Gasteiger partial charge is 0.169 e. The Labute approximate surface area is 156 Å². The standard InChI is InChI=1S/C20H21FN2O2S/c1-24-17-9-5-7-15(20(17)25-2)18-12-23-19(26-18)13-22-11-10-14-6-3-4-8-16(14)21/h3-9,12,22H,10-11,13H2,1-2H3. The molecule has 0 aliphatic carbocycles. The minimum absolute atomic E-state index is 0.157. The molecule has 0 saturated heterocycles. The Kier molecular flexibility index (Phi) is 6.20. The van der Waals surface area contributed by atoms with Crippen LogP contribution in [0.25, 0.3) is 10.4 Å². The molecule has 0 fully saturated rings. The average molecular weight is 372 g/mol. The van der Waals surface area contributed by atoms with E-state index in [1.807, 2.05) is 36.5 Å². The number of methoxy groups -OCH3 is 2. The number of hydrogen-bond donors (Lipinski definition) is 1. The number of para-hydroxylation sites is 1. The second-order valence-corrected chi connectivity index (χ2v) is 6.79. The van der Waals surface area contributed by atoms with Gasteiger partial charge in [-0.2, -0.15) is 0 Å². The minimum Gasteiger partial charge on any atom is -0.493 e. The summed E-state index contributed by atoms with van der Waals surface area (Å²) < 4.78 is 24.4. The van der Waals surface area contributed by atoms with Crippen LogP contribution in [0.15, 0.2) is 48.7 Å². The summed E-state index contributed by atoms with van der Waals surface area (Å²) in [7, 11) is 3.26. The quantitative estimate of drug-likeness (QED) is 0.599. The van der Waals surface area contributed by atoms with Gasteiger partial charge in [0.2, 0.25) is 0 Å². The van der Waals surface area contributed by atoms with Crippen molar-refractivity contribution >= 4 is 11.3 Å². The molecule has 136 valence electrons. The van der Waals surface area contributed by atoms with Crippen LogP contribution in [-0.4, -0.2) is 25.7 Å². The lowest BCUT2D eigenvalue weighted by molar-refractivity contribution is 0.356. The molecular weight excluding hydrogens is 351 g/mol. The first-order chi connectivity index (χ1) is 12.7. The first-order valence-electron chi connectivity index (χ1n) is 8.33. The number of halogens is 1. The van der Waals surface area contributed by atoms with Crippen LogP contribution in [0.5, 0.6) is 11.5 Å². The Morgan fingerprint density at radius 3 is 2.69 bits per heavy atom. The van der Waals surface area contributed by atoms with Crippen molar-refractivity contribution < 1.29 is 13.9 Å². The van der Waals surface area contributed by atoms with Crippen molar-refractivity contribution in [1.29, 1.82) is 0 Å². The van der Waals surface area contributed by atoms with Crippen molar-refractivity contribution in [3.8, 4) is 21.9 Å². The van der Waals surface area contributed by atoms with E-state index in [-0.39, 0.29) is 5.82 Å². The Hall–Kier alpha value is -2.44. The number of rotatable bonds is 8. The number of nitrogens with zero attached hydrogens (tertiary/aromatic N) is 1. The van der Waals surface area contributed by atoms with Gasteiger partial charge >= 0.3 is 0 Å². The molecular formula is C20H21FN2O2S. The second kappa shape index (κ2) is 8.78. The van der Waals surface area contributed by atoms with Crippen LogP contribution in [-0.2, 0) is 13.0 Å². The summed E-state index contributed by atoms with van der Waals surface area (Å²) >= 11 is 1.60. The summed E-state index contributed by atoms with van der Waals surface area (Å²) in [6.45, 7) is 1.34. The van der Waals surface area contributed by atoms with Crippen molar-refractivity contribution in [2.45, 2.75) is 13.0 Å². The van der Waals surface area contributed by atoms with E-state index >= 15 is 0 Å². The number of ether oxygens (including phenoxy) is 2. The van der Waals surface area contributed by atoms with Gasteiger partial charge in [0.25, 0.3) is 0 Å². The second-order valence-electron chi connectivity index (χ2n) is 5.68. The summed E-state index contributed by atoms with van der Waals surface area (Å²) in [5.74, 6) is 1.25. The van der Waals surface area contributed by atoms with Crippen molar-refractivity contribution in [3.05, 3.63) is 65.0 Å². The van der Waals surface area contributed by atoms with E-state index in [0.29, 0.717) is 31.0 Å². The summed E-state index contributed by atoms with van der Waals surface area (Å²) in [6, 6.07) is 12.7. The molecule has 0 radical (unpaired) electrons. The molecule has 0 atom stereocenters. The number of nitrogens with one attached hydrogen (secondary N) is 1. The molecule has 0 unspecified atom stereocenters. The normalized spacial score (nSPS) is 10.7. The van der Waals surface area contributed by atoms with E-state index in [0.717, 1.165) is 21.0 Å². The first-order valence-corrected chi connectivity index (χ1v) is 9.14. The molecule has 26 heavy (non-hydrogen) atoms. The van der Waals surface area contributed by atoms with E-state index in [2.05, 4.69) is 10.3 Å².